The Bertz CT molecular complexity index is 535. The van der Waals surface area contributed by atoms with Crippen LogP contribution in [-0.2, 0) is 17.6 Å². The fourth-order valence-electron chi connectivity index (χ4n) is 2.64. The molecule has 1 aromatic carbocycles. The number of halogens is 1. The van der Waals surface area contributed by atoms with Gasteiger partial charge in [0.25, 0.3) is 0 Å². The van der Waals surface area contributed by atoms with Crippen molar-refractivity contribution in [3.8, 4) is 5.75 Å². The first-order valence-corrected chi connectivity index (χ1v) is 9.07. The Morgan fingerprint density at radius 2 is 2.16 bits per heavy atom. The molecular formula is C19H32IN3O2. The number of guanidine groups is 1. The number of rotatable bonds is 9. The van der Waals surface area contributed by atoms with Crippen LogP contribution < -0.4 is 15.4 Å². The predicted octanol–water partition coefficient (Wildman–Crippen LogP) is 3.15. The molecule has 2 N–H and O–H groups in total. The van der Waals surface area contributed by atoms with Gasteiger partial charge in [0.2, 0.25) is 0 Å². The fraction of sp³-hybridized carbons (Fsp3) is 0.632. The number of fused-ring (bicyclic) bond motifs is 1. The third kappa shape index (κ3) is 8.27. The van der Waals surface area contributed by atoms with Crippen molar-refractivity contribution in [3.05, 3.63) is 29.3 Å². The van der Waals surface area contributed by atoms with Gasteiger partial charge in [0.15, 0.2) is 5.96 Å². The Balaban J connectivity index is 0.00000312. The van der Waals surface area contributed by atoms with Gasteiger partial charge in [-0.05, 0) is 50.8 Å². The zero-order valence-corrected chi connectivity index (χ0v) is 18.0. The van der Waals surface area contributed by atoms with Crippen LogP contribution in [0.15, 0.2) is 23.2 Å². The van der Waals surface area contributed by atoms with Gasteiger partial charge >= 0.3 is 0 Å². The number of nitrogens with one attached hydrogen (secondary N) is 2. The highest BCUT2D eigenvalue weighted by Gasteiger charge is 2.11. The van der Waals surface area contributed by atoms with Crippen LogP contribution in [0.3, 0.4) is 0 Å². The Labute approximate surface area is 169 Å². The molecule has 0 spiro atoms. The van der Waals surface area contributed by atoms with Crippen molar-refractivity contribution in [3.63, 3.8) is 0 Å². The highest BCUT2D eigenvalue weighted by molar-refractivity contribution is 14.0. The third-order valence-corrected chi connectivity index (χ3v) is 3.83. The second-order valence-corrected chi connectivity index (χ2v) is 6.25. The van der Waals surface area contributed by atoms with E-state index in [1.54, 1.807) is 0 Å². The van der Waals surface area contributed by atoms with E-state index in [4.69, 9.17) is 9.47 Å². The lowest BCUT2D eigenvalue weighted by Crippen LogP contribution is -2.38. The van der Waals surface area contributed by atoms with Crippen molar-refractivity contribution in [1.82, 2.24) is 10.6 Å². The van der Waals surface area contributed by atoms with Crippen molar-refractivity contribution in [2.24, 2.45) is 4.99 Å². The van der Waals surface area contributed by atoms with Crippen LogP contribution in [0.2, 0.25) is 0 Å². The van der Waals surface area contributed by atoms with Crippen molar-refractivity contribution in [1.29, 1.82) is 0 Å². The van der Waals surface area contributed by atoms with Crippen LogP contribution in [-0.4, -0.2) is 44.9 Å². The summed E-state index contributed by atoms with van der Waals surface area (Å²) in [6, 6.07) is 6.50. The summed E-state index contributed by atoms with van der Waals surface area (Å²) >= 11 is 0. The monoisotopic (exact) mass is 461 g/mol. The number of hydrogen-bond donors (Lipinski definition) is 2. The first kappa shape index (κ1) is 22.0. The molecular weight excluding hydrogens is 429 g/mol. The molecule has 0 radical (unpaired) electrons. The molecule has 1 heterocycles. The minimum absolute atomic E-state index is 0. The van der Waals surface area contributed by atoms with Gasteiger partial charge in [-0.3, -0.25) is 4.99 Å². The van der Waals surface area contributed by atoms with Crippen molar-refractivity contribution in [2.45, 2.75) is 46.1 Å². The smallest absolute Gasteiger partial charge is 0.191 e. The lowest BCUT2D eigenvalue weighted by atomic mass is 10.1. The van der Waals surface area contributed by atoms with Crippen LogP contribution in [0.1, 0.15) is 38.3 Å². The Morgan fingerprint density at radius 3 is 2.92 bits per heavy atom. The molecule has 5 nitrogen and oxygen atoms in total. The number of nitrogens with zero attached hydrogens (tertiary/aromatic N) is 1. The van der Waals surface area contributed by atoms with Gasteiger partial charge < -0.3 is 20.1 Å². The average Bonchev–Trinajstić information content (AvgIpc) is 3.02. The molecule has 0 bridgehead atoms. The van der Waals surface area contributed by atoms with E-state index in [0.29, 0.717) is 0 Å². The number of hydrogen-bond acceptors (Lipinski definition) is 3. The zero-order chi connectivity index (χ0) is 17.2. The molecule has 1 aliphatic rings. The zero-order valence-electron chi connectivity index (χ0n) is 15.6. The van der Waals surface area contributed by atoms with Gasteiger partial charge in [-0.1, -0.05) is 12.1 Å². The number of benzene rings is 1. The first-order chi connectivity index (χ1) is 11.7. The van der Waals surface area contributed by atoms with E-state index < -0.39 is 0 Å². The predicted molar refractivity (Wildman–Crippen MR) is 114 cm³/mol. The molecule has 0 saturated heterocycles. The maximum atomic E-state index is 5.55. The second-order valence-electron chi connectivity index (χ2n) is 6.25. The average molecular weight is 461 g/mol. The minimum atomic E-state index is 0. The third-order valence-electron chi connectivity index (χ3n) is 3.83. The number of aliphatic imine (C=N–C) groups is 1. The van der Waals surface area contributed by atoms with Crippen LogP contribution in [0.25, 0.3) is 0 Å². The molecule has 0 aromatic heterocycles. The first-order valence-electron chi connectivity index (χ1n) is 9.07. The normalized spacial score (nSPS) is 13.2. The molecule has 1 aromatic rings. The van der Waals surface area contributed by atoms with Crippen LogP contribution >= 0.6 is 24.0 Å². The van der Waals surface area contributed by atoms with Crippen LogP contribution in [0.4, 0.5) is 0 Å². The molecule has 142 valence electrons. The standard InChI is InChI=1S/C19H31N3O2.HI/c1-4-20-19(21-10-5-12-23-15(2)3)22-11-8-16-6-7-18-17(14-16)9-13-24-18;/h6-7,14-15H,4-5,8-13H2,1-3H3,(H2,20,21,22);1H. The lowest BCUT2D eigenvalue weighted by Gasteiger charge is -2.12. The molecule has 0 fully saturated rings. The molecule has 1 aliphatic heterocycles. The van der Waals surface area contributed by atoms with Crippen molar-refractivity contribution < 1.29 is 9.47 Å². The lowest BCUT2D eigenvalue weighted by molar-refractivity contribution is 0.0782. The summed E-state index contributed by atoms with van der Waals surface area (Å²) in [4.78, 5) is 4.59. The summed E-state index contributed by atoms with van der Waals surface area (Å²) in [7, 11) is 0. The van der Waals surface area contributed by atoms with E-state index in [9.17, 15) is 0 Å². The quantitative estimate of drug-likeness (QED) is 0.257. The number of ether oxygens (including phenoxy) is 2. The summed E-state index contributed by atoms with van der Waals surface area (Å²) in [6.45, 7) is 10.3. The molecule has 25 heavy (non-hydrogen) atoms. The molecule has 0 saturated carbocycles. The van der Waals surface area contributed by atoms with E-state index in [1.165, 1.54) is 11.1 Å². The van der Waals surface area contributed by atoms with E-state index in [1.807, 2.05) is 0 Å². The van der Waals surface area contributed by atoms with Crippen LogP contribution in [0.5, 0.6) is 5.75 Å². The van der Waals surface area contributed by atoms with Crippen LogP contribution in [0, 0.1) is 0 Å². The van der Waals surface area contributed by atoms with Gasteiger partial charge in [-0.15, -0.1) is 24.0 Å². The Morgan fingerprint density at radius 1 is 1.32 bits per heavy atom. The van der Waals surface area contributed by atoms with E-state index in [2.05, 4.69) is 54.6 Å². The van der Waals surface area contributed by atoms with Gasteiger partial charge in [0, 0.05) is 32.7 Å². The molecule has 0 amide bonds. The topological polar surface area (TPSA) is 54.9 Å². The largest absolute Gasteiger partial charge is 0.493 e. The summed E-state index contributed by atoms with van der Waals surface area (Å²) in [5, 5.41) is 6.69. The highest BCUT2D eigenvalue weighted by atomic mass is 127. The summed E-state index contributed by atoms with van der Waals surface area (Å²) in [5.41, 5.74) is 2.67. The van der Waals surface area contributed by atoms with E-state index in [0.717, 1.165) is 63.8 Å². The highest BCUT2D eigenvalue weighted by Crippen LogP contribution is 2.25. The Hall–Kier alpha value is -1.02. The van der Waals surface area contributed by atoms with Gasteiger partial charge in [-0.25, -0.2) is 0 Å². The van der Waals surface area contributed by atoms with Gasteiger partial charge in [0.05, 0.1) is 12.7 Å². The summed E-state index contributed by atoms with van der Waals surface area (Å²) in [5.74, 6) is 1.93. The maximum Gasteiger partial charge on any atom is 0.191 e. The summed E-state index contributed by atoms with van der Waals surface area (Å²) < 4.78 is 11.1. The molecule has 0 atom stereocenters. The molecule has 2 rings (SSSR count). The van der Waals surface area contributed by atoms with E-state index >= 15 is 0 Å². The molecule has 0 unspecified atom stereocenters. The van der Waals surface area contributed by atoms with Crippen molar-refractivity contribution in [2.75, 3.05) is 32.8 Å². The van der Waals surface area contributed by atoms with Crippen molar-refractivity contribution >= 4 is 29.9 Å². The second kappa shape index (κ2) is 12.4. The SMILES string of the molecule is CCNC(=NCCCOC(C)C)NCCc1ccc2c(c1)CCO2.I. The minimum Gasteiger partial charge on any atom is -0.493 e. The summed E-state index contributed by atoms with van der Waals surface area (Å²) in [6.07, 6.45) is 3.24. The Kier molecular flexibility index (Phi) is 10.9. The molecule has 6 heteroatoms. The van der Waals surface area contributed by atoms with Gasteiger partial charge in [0.1, 0.15) is 5.75 Å². The van der Waals surface area contributed by atoms with Gasteiger partial charge in [-0.2, -0.15) is 0 Å². The fourth-order valence-corrected chi connectivity index (χ4v) is 2.64. The van der Waals surface area contributed by atoms with E-state index in [-0.39, 0.29) is 30.1 Å². The molecule has 0 aliphatic carbocycles. The maximum absolute atomic E-state index is 5.55.